The maximum Gasteiger partial charge on any atom is 0.373 e. The number of β-lactam (4-membered cyclic amide) rings is 1. The van der Waals surface area contributed by atoms with Crippen LogP contribution >= 0.6 is 11.8 Å². The fourth-order valence-corrected chi connectivity index (χ4v) is 6.23. The molecule has 3 unspecified atom stereocenters. The lowest BCUT2D eigenvalue weighted by Gasteiger charge is -2.48. The Bertz CT molecular complexity index is 884. The molecule has 3 heterocycles. The fourth-order valence-electron chi connectivity index (χ4n) is 4.94. The topological polar surface area (TPSA) is 55.8 Å². The van der Waals surface area contributed by atoms with E-state index in [1.807, 2.05) is 36.5 Å². The van der Waals surface area contributed by atoms with Gasteiger partial charge in [-0.25, -0.2) is 4.79 Å². The maximum atomic E-state index is 13.7. The molecular formula is C23H29N2O4S+. The van der Waals surface area contributed by atoms with Crippen molar-refractivity contribution in [2.24, 2.45) is 0 Å². The maximum absolute atomic E-state index is 13.7. The number of likely N-dealkylation sites (N-methyl/N-ethyl adjacent to an activating group) is 1. The number of thioether (sulfide) groups is 1. The lowest BCUT2D eigenvalue weighted by molar-refractivity contribution is -0.926. The highest BCUT2D eigenvalue weighted by Gasteiger charge is 2.62. The van der Waals surface area contributed by atoms with Crippen molar-refractivity contribution in [2.45, 2.75) is 36.8 Å². The second kappa shape index (κ2) is 8.12. The summed E-state index contributed by atoms with van der Waals surface area (Å²) in [4.78, 5) is 27.6. The molecule has 0 bridgehead atoms. The Balaban J connectivity index is 1.62. The van der Waals surface area contributed by atoms with E-state index < -0.39 is 5.54 Å². The number of ether oxygens (including phenoxy) is 2. The Kier molecular flexibility index (Phi) is 5.68. The van der Waals surface area contributed by atoms with Gasteiger partial charge >= 0.3 is 5.97 Å². The zero-order valence-corrected chi connectivity index (χ0v) is 18.5. The number of nitrogens with zero attached hydrogens (tertiary/aromatic N) is 2. The molecule has 4 rings (SSSR count). The zero-order valence-electron chi connectivity index (χ0n) is 17.6. The number of amides is 1. The molecule has 2 saturated heterocycles. The smallest absolute Gasteiger partial charge is 0.373 e. The quantitative estimate of drug-likeness (QED) is 0.289. The van der Waals surface area contributed by atoms with E-state index in [1.54, 1.807) is 23.8 Å². The molecule has 2 fully saturated rings. The molecule has 160 valence electrons. The second-order valence-corrected chi connectivity index (χ2v) is 9.57. The number of carbonyl (C=O) groups is 2. The van der Waals surface area contributed by atoms with Gasteiger partial charge in [0.2, 0.25) is 11.4 Å². The summed E-state index contributed by atoms with van der Waals surface area (Å²) in [5, 5.41) is 0.216. The van der Waals surface area contributed by atoms with E-state index in [0.717, 1.165) is 42.0 Å². The van der Waals surface area contributed by atoms with Crippen LogP contribution in [0.4, 0.5) is 0 Å². The van der Waals surface area contributed by atoms with Crippen molar-refractivity contribution in [3.05, 3.63) is 54.3 Å². The molecule has 0 aliphatic carbocycles. The predicted octanol–water partition coefficient (Wildman–Crippen LogP) is 3.09. The molecule has 3 aliphatic heterocycles. The highest BCUT2D eigenvalue weighted by atomic mass is 32.2. The van der Waals surface area contributed by atoms with Crippen molar-refractivity contribution in [1.82, 2.24) is 4.90 Å². The summed E-state index contributed by atoms with van der Waals surface area (Å²) < 4.78 is 11.6. The molecule has 0 aromatic heterocycles. The largest absolute Gasteiger partial charge is 0.497 e. The first kappa shape index (κ1) is 21.0. The Morgan fingerprint density at radius 3 is 2.83 bits per heavy atom. The average molecular weight is 430 g/mol. The molecule has 7 heteroatoms. The Morgan fingerprint density at radius 2 is 2.17 bits per heavy atom. The summed E-state index contributed by atoms with van der Waals surface area (Å²) in [6.45, 7) is 5.70. The van der Waals surface area contributed by atoms with E-state index in [9.17, 15) is 9.59 Å². The number of methoxy groups -OCH3 is 1. The number of likely N-dealkylation sites (tertiary alicyclic amines) is 1. The van der Waals surface area contributed by atoms with Crippen LogP contribution in [-0.2, 0) is 20.9 Å². The van der Waals surface area contributed by atoms with Crippen LogP contribution in [0.3, 0.4) is 0 Å². The van der Waals surface area contributed by atoms with Crippen molar-refractivity contribution in [3.8, 4) is 5.75 Å². The first-order chi connectivity index (χ1) is 14.4. The third kappa shape index (κ3) is 3.34. The van der Waals surface area contributed by atoms with Gasteiger partial charge in [0.05, 0.1) is 39.0 Å². The van der Waals surface area contributed by atoms with Crippen LogP contribution in [0.25, 0.3) is 0 Å². The molecule has 0 radical (unpaired) electrons. The third-order valence-electron chi connectivity index (χ3n) is 6.72. The Labute approximate surface area is 182 Å². The van der Waals surface area contributed by atoms with Crippen molar-refractivity contribution in [1.29, 1.82) is 0 Å². The van der Waals surface area contributed by atoms with Gasteiger partial charge in [-0.1, -0.05) is 18.7 Å². The molecule has 1 aromatic rings. The molecule has 6 nitrogen and oxygen atoms in total. The number of fused-ring (bicyclic) bond motifs is 1. The average Bonchev–Trinajstić information content (AvgIpc) is 3.09. The normalized spacial score (nSPS) is 30.2. The fraction of sp³-hybridized carbons (Fsp3) is 0.478. The van der Waals surface area contributed by atoms with Crippen molar-refractivity contribution < 1.29 is 23.5 Å². The van der Waals surface area contributed by atoms with Crippen molar-refractivity contribution in [3.63, 3.8) is 0 Å². The van der Waals surface area contributed by atoms with E-state index in [0.29, 0.717) is 17.4 Å². The van der Waals surface area contributed by atoms with Crippen LogP contribution in [0.5, 0.6) is 5.75 Å². The number of carbonyl (C=O) groups excluding carboxylic acids is 2. The number of hydrogen-bond donors (Lipinski definition) is 0. The SMILES string of the molecule is C=CC[N+]1(C)CCCC1(C(=O)OCc1ccc(OC)cc1)C1=CN2C(=O)CC2SC1. The van der Waals surface area contributed by atoms with Gasteiger partial charge in [-0.05, 0) is 23.8 Å². The molecule has 3 atom stereocenters. The zero-order chi connectivity index (χ0) is 21.4. The van der Waals surface area contributed by atoms with E-state index >= 15 is 0 Å². The van der Waals surface area contributed by atoms with Crippen LogP contribution in [0.2, 0.25) is 0 Å². The predicted molar refractivity (Wildman–Crippen MR) is 117 cm³/mol. The minimum Gasteiger partial charge on any atom is -0.497 e. The minimum atomic E-state index is -0.783. The van der Waals surface area contributed by atoms with Crippen LogP contribution in [0, 0.1) is 0 Å². The molecular weight excluding hydrogens is 400 g/mol. The van der Waals surface area contributed by atoms with Gasteiger partial charge in [-0.15, -0.1) is 11.8 Å². The van der Waals surface area contributed by atoms with Gasteiger partial charge < -0.3 is 18.9 Å². The number of quaternary nitrogens is 1. The van der Waals surface area contributed by atoms with Gasteiger partial charge in [0, 0.05) is 30.4 Å². The summed E-state index contributed by atoms with van der Waals surface area (Å²) in [5.41, 5.74) is 1.13. The lowest BCUT2D eigenvalue weighted by atomic mass is 9.85. The van der Waals surface area contributed by atoms with Gasteiger partial charge in [0.1, 0.15) is 12.4 Å². The molecule has 0 spiro atoms. The highest BCUT2D eigenvalue weighted by molar-refractivity contribution is 8.00. The van der Waals surface area contributed by atoms with Crippen LogP contribution < -0.4 is 4.74 Å². The number of esters is 1. The molecule has 30 heavy (non-hydrogen) atoms. The Hall–Kier alpha value is -2.25. The van der Waals surface area contributed by atoms with Crippen molar-refractivity contribution >= 4 is 23.6 Å². The summed E-state index contributed by atoms with van der Waals surface area (Å²) >= 11 is 1.74. The minimum absolute atomic E-state index is 0.127. The summed E-state index contributed by atoms with van der Waals surface area (Å²) in [6, 6.07) is 7.54. The van der Waals surface area contributed by atoms with Crippen molar-refractivity contribution in [2.75, 3.05) is 33.0 Å². The number of hydrogen-bond acceptors (Lipinski definition) is 5. The number of benzene rings is 1. The molecule has 1 amide bonds. The van der Waals surface area contributed by atoms with Gasteiger partial charge in [0.15, 0.2) is 0 Å². The van der Waals surface area contributed by atoms with E-state index in [2.05, 4.69) is 13.6 Å². The first-order valence-electron chi connectivity index (χ1n) is 10.3. The lowest BCUT2D eigenvalue weighted by Crippen LogP contribution is -2.65. The molecule has 0 N–H and O–H groups in total. The summed E-state index contributed by atoms with van der Waals surface area (Å²) in [5.74, 6) is 1.43. The first-order valence-corrected chi connectivity index (χ1v) is 11.4. The second-order valence-electron chi connectivity index (χ2n) is 8.40. The Morgan fingerprint density at radius 1 is 1.40 bits per heavy atom. The van der Waals surface area contributed by atoms with Gasteiger partial charge in [0.25, 0.3) is 0 Å². The van der Waals surface area contributed by atoms with Crippen LogP contribution in [-0.4, -0.2) is 65.2 Å². The van der Waals surface area contributed by atoms with Crippen LogP contribution in [0.1, 0.15) is 24.8 Å². The highest BCUT2D eigenvalue weighted by Crippen LogP contribution is 2.47. The van der Waals surface area contributed by atoms with E-state index in [4.69, 9.17) is 9.47 Å². The number of rotatable bonds is 7. The van der Waals surface area contributed by atoms with E-state index in [-0.39, 0.29) is 23.9 Å². The summed E-state index contributed by atoms with van der Waals surface area (Å²) in [7, 11) is 3.74. The van der Waals surface area contributed by atoms with Gasteiger partial charge in [-0.2, -0.15) is 0 Å². The molecule has 3 aliphatic rings. The standard InChI is InChI=1S/C23H29N2O4S/c1-4-11-25(2)12-5-10-23(25,18-14-24-20(26)13-21(24)30-16-18)22(27)29-15-17-6-8-19(28-3)9-7-17/h4,6-9,14,21H,1,5,10-13,15-16H2,2-3H3/q+1. The van der Waals surface area contributed by atoms with Gasteiger partial charge in [-0.3, -0.25) is 4.79 Å². The molecule has 1 aromatic carbocycles. The summed E-state index contributed by atoms with van der Waals surface area (Å²) in [6.07, 6.45) is 6.05. The third-order valence-corrected chi connectivity index (χ3v) is 7.97. The molecule has 0 saturated carbocycles. The van der Waals surface area contributed by atoms with E-state index in [1.165, 1.54) is 0 Å². The van der Waals surface area contributed by atoms with Crippen LogP contribution in [0.15, 0.2) is 48.7 Å². The monoisotopic (exact) mass is 429 g/mol.